The van der Waals surface area contributed by atoms with E-state index in [2.05, 4.69) is 68.2 Å². The van der Waals surface area contributed by atoms with Crippen LogP contribution in [-0.2, 0) is 6.42 Å². The fraction of sp³-hybridized carbons (Fsp3) is 0.333. The molecule has 0 bridgehead atoms. The van der Waals surface area contributed by atoms with Gasteiger partial charge < -0.3 is 5.32 Å². The van der Waals surface area contributed by atoms with Crippen LogP contribution in [-0.4, -0.2) is 12.6 Å². The Balaban J connectivity index is 2.16. The molecular formula is C18H23N. The van der Waals surface area contributed by atoms with Gasteiger partial charge in [0, 0.05) is 6.04 Å². The maximum Gasteiger partial charge on any atom is 0.0144 e. The summed E-state index contributed by atoms with van der Waals surface area (Å²) in [5.74, 6) is 0. The predicted molar refractivity (Wildman–Crippen MR) is 84.5 cm³/mol. The topological polar surface area (TPSA) is 12.0 Å². The summed E-state index contributed by atoms with van der Waals surface area (Å²) >= 11 is 0. The molecular weight excluding hydrogens is 230 g/mol. The van der Waals surface area contributed by atoms with Gasteiger partial charge in [-0.25, -0.2) is 0 Å². The quantitative estimate of drug-likeness (QED) is 0.756. The van der Waals surface area contributed by atoms with Gasteiger partial charge in [0.1, 0.15) is 0 Å². The largest absolute Gasteiger partial charge is 0.314 e. The second-order valence-electron chi connectivity index (χ2n) is 5.30. The molecule has 1 atom stereocenters. The third-order valence-corrected chi connectivity index (χ3v) is 3.38. The molecule has 0 spiro atoms. The lowest BCUT2D eigenvalue weighted by Crippen LogP contribution is -2.31. The van der Waals surface area contributed by atoms with Crippen molar-refractivity contribution in [2.45, 2.75) is 32.7 Å². The Kier molecular flexibility index (Phi) is 4.75. The highest BCUT2D eigenvalue weighted by molar-refractivity contribution is 5.82. The number of hydrogen-bond donors (Lipinski definition) is 1. The van der Waals surface area contributed by atoms with Crippen LogP contribution in [0.25, 0.3) is 10.8 Å². The van der Waals surface area contributed by atoms with Gasteiger partial charge in [-0.1, -0.05) is 55.0 Å². The first-order valence-corrected chi connectivity index (χ1v) is 7.04. The lowest BCUT2D eigenvalue weighted by Gasteiger charge is -2.18. The Hall–Kier alpha value is -1.60. The monoisotopic (exact) mass is 253 g/mol. The predicted octanol–water partition coefficient (Wildman–Crippen LogP) is 4.33. The molecule has 100 valence electrons. The van der Waals surface area contributed by atoms with Gasteiger partial charge in [-0.15, -0.1) is 6.58 Å². The van der Waals surface area contributed by atoms with E-state index in [0.29, 0.717) is 6.04 Å². The van der Waals surface area contributed by atoms with Gasteiger partial charge >= 0.3 is 0 Å². The molecule has 0 aliphatic carbocycles. The van der Waals surface area contributed by atoms with Crippen LogP contribution in [0, 0.1) is 0 Å². The van der Waals surface area contributed by atoms with Gasteiger partial charge in [-0.05, 0) is 42.6 Å². The Bertz CT molecular complexity index is 556. The number of likely N-dealkylation sites (N-methyl/N-ethyl adjacent to an activating group) is 1. The standard InChI is InChI=1S/C18H23N/c1-4-19-18(11-14(2)3)13-15-9-10-16-7-5-6-8-17(16)12-15/h5-10,12,18-19H,2,4,11,13H2,1,3H3. The van der Waals surface area contributed by atoms with Crippen molar-refractivity contribution in [2.24, 2.45) is 0 Å². The van der Waals surface area contributed by atoms with E-state index in [-0.39, 0.29) is 0 Å². The average Bonchev–Trinajstić information content (AvgIpc) is 2.38. The minimum Gasteiger partial charge on any atom is -0.314 e. The zero-order valence-corrected chi connectivity index (χ0v) is 11.9. The molecule has 0 aromatic heterocycles. The van der Waals surface area contributed by atoms with Crippen LogP contribution in [0.1, 0.15) is 25.8 Å². The average molecular weight is 253 g/mol. The molecule has 0 aliphatic heterocycles. The van der Waals surface area contributed by atoms with Crippen molar-refractivity contribution in [3.8, 4) is 0 Å². The van der Waals surface area contributed by atoms with E-state index in [9.17, 15) is 0 Å². The molecule has 1 nitrogen and oxygen atoms in total. The molecule has 0 fully saturated rings. The molecule has 0 aliphatic rings. The van der Waals surface area contributed by atoms with E-state index in [0.717, 1.165) is 19.4 Å². The van der Waals surface area contributed by atoms with E-state index in [1.807, 2.05) is 0 Å². The summed E-state index contributed by atoms with van der Waals surface area (Å²) in [6, 6.07) is 15.8. The molecule has 1 N–H and O–H groups in total. The van der Waals surface area contributed by atoms with Crippen molar-refractivity contribution in [3.05, 3.63) is 60.2 Å². The molecule has 2 aromatic carbocycles. The molecule has 0 heterocycles. The van der Waals surface area contributed by atoms with E-state index >= 15 is 0 Å². The summed E-state index contributed by atoms with van der Waals surface area (Å²) in [6.07, 6.45) is 2.10. The Morgan fingerprint density at radius 1 is 1.16 bits per heavy atom. The fourth-order valence-electron chi connectivity index (χ4n) is 2.58. The number of rotatable bonds is 6. The first-order valence-electron chi connectivity index (χ1n) is 7.04. The van der Waals surface area contributed by atoms with Gasteiger partial charge in [0.2, 0.25) is 0 Å². The summed E-state index contributed by atoms with van der Waals surface area (Å²) in [6.45, 7) is 9.29. The normalized spacial score (nSPS) is 12.5. The minimum atomic E-state index is 0.490. The minimum absolute atomic E-state index is 0.490. The lowest BCUT2D eigenvalue weighted by atomic mass is 9.98. The highest BCUT2D eigenvalue weighted by Gasteiger charge is 2.08. The van der Waals surface area contributed by atoms with Crippen molar-refractivity contribution in [2.75, 3.05) is 6.54 Å². The van der Waals surface area contributed by atoms with Crippen LogP contribution >= 0.6 is 0 Å². The molecule has 1 unspecified atom stereocenters. The number of nitrogens with one attached hydrogen (secondary N) is 1. The second-order valence-corrected chi connectivity index (χ2v) is 5.30. The fourth-order valence-corrected chi connectivity index (χ4v) is 2.58. The maximum absolute atomic E-state index is 4.03. The number of benzene rings is 2. The summed E-state index contributed by atoms with van der Waals surface area (Å²) in [4.78, 5) is 0. The lowest BCUT2D eigenvalue weighted by molar-refractivity contribution is 0.520. The van der Waals surface area contributed by atoms with Gasteiger partial charge in [0.15, 0.2) is 0 Å². The van der Waals surface area contributed by atoms with Crippen molar-refractivity contribution in [3.63, 3.8) is 0 Å². The summed E-state index contributed by atoms with van der Waals surface area (Å²) in [5, 5.41) is 6.19. The van der Waals surface area contributed by atoms with E-state index in [4.69, 9.17) is 0 Å². The van der Waals surface area contributed by atoms with Crippen molar-refractivity contribution < 1.29 is 0 Å². The summed E-state index contributed by atoms with van der Waals surface area (Å²) in [5.41, 5.74) is 2.64. The van der Waals surface area contributed by atoms with Crippen LogP contribution in [0.2, 0.25) is 0 Å². The molecule has 2 rings (SSSR count). The Morgan fingerprint density at radius 3 is 2.58 bits per heavy atom. The number of fused-ring (bicyclic) bond motifs is 1. The van der Waals surface area contributed by atoms with Crippen molar-refractivity contribution in [1.29, 1.82) is 0 Å². The summed E-state index contributed by atoms with van der Waals surface area (Å²) in [7, 11) is 0. The zero-order chi connectivity index (χ0) is 13.7. The molecule has 0 saturated heterocycles. The molecule has 1 heteroatoms. The molecule has 0 saturated carbocycles. The summed E-state index contributed by atoms with van der Waals surface area (Å²) < 4.78 is 0. The second kappa shape index (κ2) is 6.53. The van der Waals surface area contributed by atoms with Crippen molar-refractivity contribution >= 4 is 10.8 Å². The van der Waals surface area contributed by atoms with Crippen LogP contribution in [0.3, 0.4) is 0 Å². The van der Waals surface area contributed by atoms with Crippen LogP contribution in [0.5, 0.6) is 0 Å². The van der Waals surface area contributed by atoms with Crippen LogP contribution < -0.4 is 5.32 Å². The van der Waals surface area contributed by atoms with Gasteiger partial charge in [-0.2, -0.15) is 0 Å². The van der Waals surface area contributed by atoms with E-state index in [1.54, 1.807) is 0 Å². The highest BCUT2D eigenvalue weighted by Crippen LogP contribution is 2.18. The van der Waals surface area contributed by atoms with E-state index < -0.39 is 0 Å². The Labute approximate surface area is 116 Å². The SMILES string of the molecule is C=C(C)CC(Cc1ccc2ccccc2c1)NCC. The smallest absolute Gasteiger partial charge is 0.0144 e. The molecule has 2 aromatic rings. The number of hydrogen-bond acceptors (Lipinski definition) is 1. The highest BCUT2D eigenvalue weighted by atomic mass is 14.9. The van der Waals surface area contributed by atoms with E-state index in [1.165, 1.54) is 21.9 Å². The zero-order valence-electron chi connectivity index (χ0n) is 11.9. The van der Waals surface area contributed by atoms with Crippen molar-refractivity contribution in [1.82, 2.24) is 5.32 Å². The first kappa shape index (κ1) is 13.8. The van der Waals surface area contributed by atoms with Gasteiger partial charge in [0.25, 0.3) is 0 Å². The third-order valence-electron chi connectivity index (χ3n) is 3.38. The first-order chi connectivity index (χ1) is 9.19. The van der Waals surface area contributed by atoms with Crippen LogP contribution in [0.15, 0.2) is 54.6 Å². The van der Waals surface area contributed by atoms with Gasteiger partial charge in [0.05, 0.1) is 0 Å². The molecule has 19 heavy (non-hydrogen) atoms. The van der Waals surface area contributed by atoms with Gasteiger partial charge in [-0.3, -0.25) is 0 Å². The van der Waals surface area contributed by atoms with Crippen LogP contribution in [0.4, 0.5) is 0 Å². The maximum atomic E-state index is 4.03. The Morgan fingerprint density at radius 2 is 1.89 bits per heavy atom. The molecule has 0 radical (unpaired) electrons. The third kappa shape index (κ3) is 3.93. The molecule has 0 amide bonds.